The molecule has 30 heavy (non-hydrogen) atoms. The molecule has 1 heterocycles. The number of carbonyl (C=O) groups is 1. The smallest absolute Gasteiger partial charge is 0.319 e. The summed E-state index contributed by atoms with van der Waals surface area (Å²) in [5.41, 5.74) is 0.554. The molecule has 7 nitrogen and oxygen atoms in total. The summed E-state index contributed by atoms with van der Waals surface area (Å²) < 4.78 is 21.5. The van der Waals surface area contributed by atoms with Gasteiger partial charge >= 0.3 is 6.03 Å². The van der Waals surface area contributed by atoms with Crippen molar-refractivity contribution in [1.29, 1.82) is 0 Å². The lowest BCUT2D eigenvalue weighted by atomic mass is 9.99. The molecule has 2 amide bonds. The minimum Gasteiger partial charge on any atom is -0.493 e. The number of amides is 2. The average Bonchev–Trinajstić information content (AvgIpc) is 2.78. The maximum Gasteiger partial charge on any atom is 0.319 e. The van der Waals surface area contributed by atoms with Crippen LogP contribution >= 0.6 is 11.8 Å². The molecule has 2 N–H and O–H groups in total. The molecule has 1 aliphatic heterocycles. The van der Waals surface area contributed by atoms with Crippen LogP contribution in [0, 0.1) is 0 Å². The van der Waals surface area contributed by atoms with E-state index in [1.165, 1.54) is 26.2 Å². The minimum atomic E-state index is -0.288. The number of ether oxygens (including phenoxy) is 4. The number of urea groups is 1. The number of hydrogen-bond acceptors (Lipinski definition) is 6. The number of methoxy groups -OCH3 is 3. The molecular weight excluding hydrogens is 404 g/mol. The summed E-state index contributed by atoms with van der Waals surface area (Å²) in [5, 5.41) is 5.88. The predicted octanol–water partition coefficient (Wildman–Crippen LogP) is 4.18. The van der Waals surface area contributed by atoms with Crippen LogP contribution in [0.2, 0.25) is 0 Å². The summed E-state index contributed by atoms with van der Waals surface area (Å²) >= 11 is 1.80. The average molecular weight is 433 g/mol. The summed E-state index contributed by atoms with van der Waals surface area (Å²) in [7, 11) is 4.62. The van der Waals surface area contributed by atoms with Gasteiger partial charge in [0, 0.05) is 41.5 Å². The van der Waals surface area contributed by atoms with E-state index < -0.39 is 0 Å². The quantitative estimate of drug-likeness (QED) is 0.652. The first-order chi connectivity index (χ1) is 14.6. The molecule has 1 fully saturated rings. The van der Waals surface area contributed by atoms with E-state index in [2.05, 4.69) is 22.8 Å². The fraction of sp³-hybridized carbons (Fsp3) is 0.409. The molecule has 2 aromatic rings. The number of benzene rings is 2. The maximum atomic E-state index is 12.6. The van der Waals surface area contributed by atoms with E-state index in [0.717, 1.165) is 12.8 Å². The normalized spacial score (nSPS) is 15.2. The molecule has 0 saturated carbocycles. The second-order valence-electron chi connectivity index (χ2n) is 6.93. The second-order valence-corrected chi connectivity index (χ2v) is 8.47. The van der Waals surface area contributed by atoms with E-state index in [1.807, 2.05) is 18.2 Å². The molecule has 0 aromatic heterocycles. The van der Waals surface area contributed by atoms with E-state index >= 15 is 0 Å². The monoisotopic (exact) mass is 432 g/mol. The van der Waals surface area contributed by atoms with E-state index in [1.54, 1.807) is 23.9 Å². The largest absolute Gasteiger partial charge is 0.493 e. The van der Waals surface area contributed by atoms with Gasteiger partial charge in [-0.25, -0.2) is 4.79 Å². The Morgan fingerprint density at radius 3 is 2.23 bits per heavy atom. The maximum absolute atomic E-state index is 12.6. The molecule has 2 aromatic carbocycles. The molecule has 1 aliphatic rings. The van der Waals surface area contributed by atoms with Crippen molar-refractivity contribution < 1.29 is 23.7 Å². The van der Waals surface area contributed by atoms with Gasteiger partial charge in [-0.2, -0.15) is 0 Å². The highest BCUT2D eigenvalue weighted by atomic mass is 32.2. The third kappa shape index (κ3) is 5.52. The van der Waals surface area contributed by atoms with Gasteiger partial charge in [0.25, 0.3) is 0 Å². The number of rotatable bonds is 8. The van der Waals surface area contributed by atoms with Crippen LogP contribution in [0.15, 0.2) is 47.4 Å². The van der Waals surface area contributed by atoms with Crippen molar-refractivity contribution in [3.8, 4) is 17.2 Å². The van der Waals surface area contributed by atoms with Gasteiger partial charge in [-0.05, 0) is 25.0 Å². The lowest BCUT2D eigenvalue weighted by Crippen LogP contribution is -2.45. The highest BCUT2D eigenvalue weighted by Gasteiger charge is 2.34. The fourth-order valence-electron chi connectivity index (χ4n) is 3.37. The second kappa shape index (κ2) is 10.4. The van der Waals surface area contributed by atoms with E-state index in [4.69, 9.17) is 18.9 Å². The molecule has 0 atom stereocenters. The number of anilines is 1. The topological polar surface area (TPSA) is 78.1 Å². The van der Waals surface area contributed by atoms with Gasteiger partial charge in [0.05, 0.1) is 27.0 Å². The van der Waals surface area contributed by atoms with Crippen molar-refractivity contribution in [3.05, 3.63) is 42.5 Å². The predicted molar refractivity (Wildman–Crippen MR) is 118 cm³/mol. The van der Waals surface area contributed by atoms with Gasteiger partial charge in [0.1, 0.15) is 0 Å². The Kier molecular flexibility index (Phi) is 7.70. The van der Waals surface area contributed by atoms with Gasteiger partial charge in [-0.3, -0.25) is 0 Å². The minimum absolute atomic E-state index is 0.105. The number of carbonyl (C=O) groups excluding carboxylic acids is 1. The molecule has 8 heteroatoms. The molecule has 3 rings (SSSR count). The van der Waals surface area contributed by atoms with Gasteiger partial charge in [0.15, 0.2) is 11.5 Å². The van der Waals surface area contributed by atoms with Gasteiger partial charge < -0.3 is 29.6 Å². The van der Waals surface area contributed by atoms with Gasteiger partial charge in [-0.15, -0.1) is 11.8 Å². The van der Waals surface area contributed by atoms with Crippen LogP contribution < -0.4 is 24.8 Å². The molecule has 0 spiro atoms. The number of hydrogen-bond donors (Lipinski definition) is 2. The standard InChI is InChI=1S/C22H28N2O5S/c1-26-18-13-16(14-19(27-2)20(18)28-3)24-21(25)23-15-22(9-11-29-12-10-22)30-17-7-5-4-6-8-17/h4-8,13-14H,9-12,15H2,1-3H3,(H2,23,24,25). The Balaban J connectivity index is 1.67. The molecule has 0 bridgehead atoms. The van der Waals surface area contributed by atoms with Crippen molar-refractivity contribution in [3.63, 3.8) is 0 Å². The van der Waals surface area contributed by atoms with Crippen LogP contribution in [0.1, 0.15) is 12.8 Å². The van der Waals surface area contributed by atoms with Crippen LogP contribution in [-0.2, 0) is 4.74 Å². The summed E-state index contributed by atoms with van der Waals surface area (Å²) in [6.45, 7) is 1.91. The molecule has 0 radical (unpaired) electrons. The third-order valence-corrected chi connectivity index (χ3v) is 6.47. The van der Waals surface area contributed by atoms with E-state index in [0.29, 0.717) is 42.7 Å². The van der Waals surface area contributed by atoms with Gasteiger partial charge in [-0.1, -0.05) is 18.2 Å². The lowest BCUT2D eigenvalue weighted by Gasteiger charge is -2.36. The molecule has 0 unspecified atom stereocenters. The number of nitrogens with one attached hydrogen (secondary N) is 2. The first kappa shape index (κ1) is 22.1. The zero-order valence-electron chi connectivity index (χ0n) is 17.5. The fourth-order valence-corrected chi connectivity index (χ4v) is 4.68. The summed E-state index contributed by atoms with van der Waals surface area (Å²) in [4.78, 5) is 13.8. The van der Waals surface area contributed by atoms with Crippen molar-refractivity contribution in [2.24, 2.45) is 0 Å². The summed E-state index contributed by atoms with van der Waals surface area (Å²) in [6.07, 6.45) is 1.74. The van der Waals surface area contributed by atoms with Crippen molar-refractivity contribution >= 4 is 23.5 Å². The van der Waals surface area contributed by atoms with Crippen LogP contribution in [0.5, 0.6) is 17.2 Å². The highest BCUT2D eigenvalue weighted by Crippen LogP contribution is 2.41. The Hall–Kier alpha value is -2.58. The van der Waals surface area contributed by atoms with E-state index in [-0.39, 0.29) is 10.8 Å². The number of thioether (sulfide) groups is 1. The van der Waals surface area contributed by atoms with Crippen LogP contribution in [0.3, 0.4) is 0 Å². The SMILES string of the molecule is COc1cc(NC(=O)NCC2(Sc3ccccc3)CCOCC2)cc(OC)c1OC. The zero-order valence-corrected chi connectivity index (χ0v) is 18.3. The van der Waals surface area contributed by atoms with Crippen molar-refractivity contribution in [2.75, 3.05) is 46.4 Å². The first-order valence-electron chi connectivity index (χ1n) is 9.76. The first-order valence-corrected chi connectivity index (χ1v) is 10.6. The zero-order chi connectivity index (χ0) is 21.4. The highest BCUT2D eigenvalue weighted by molar-refractivity contribution is 8.00. The van der Waals surface area contributed by atoms with Crippen LogP contribution in [0.4, 0.5) is 10.5 Å². The van der Waals surface area contributed by atoms with Gasteiger partial charge in [0.2, 0.25) is 5.75 Å². The molecule has 1 saturated heterocycles. The Labute approximate surface area is 181 Å². The Morgan fingerprint density at radius 1 is 1.03 bits per heavy atom. The molecule has 0 aliphatic carbocycles. The molecular formula is C22H28N2O5S. The third-order valence-electron chi connectivity index (χ3n) is 4.98. The summed E-state index contributed by atoms with van der Waals surface area (Å²) in [5.74, 6) is 1.44. The van der Waals surface area contributed by atoms with Crippen LogP contribution in [0.25, 0.3) is 0 Å². The molecule has 162 valence electrons. The van der Waals surface area contributed by atoms with E-state index in [9.17, 15) is 4.79 Å². The van der Waals surface area contributed by atoms with Crippen molar-refractivity contribution in [2.45, 2.75) is 22.5 Å². The Morgan fingerprint density at radius 2 is 1.67 bits per heavy atom. The van der Waals surface area contributed by atoms with Crippen molar-refractivity contribution in [1.82, 2.24) is 5.32 Å². The summed E-state index contributed by atoms with van der Waals surface area (Å²) in [6, 6.07) is 13.4. The Bertz CT molecular complexity index is 816. The lowest BCUT2D eigenvalue weighted by molar-refractivity contribution is 0.0777. The van der Waals surface area contributed by atoms with Crippen LogP contribution in [-0.4, -0.2) is 51.9 Å².